The molecule has 1 amide bonds. The van der Waals surface area contributed by atoms with Crippen molar-refractivity contribution in [3.8, 4) is 12.1 Å². The van der Waals surface area contributed by atoms with Crippen LogP contribution in [0.3, 0.4) is 0 Å². The number of hydrogen-bond donors (Lipinski definition) is 2. The minimum absolute atomic E-state index is 0.225. The lowest BCUT2D eigenvalue weighted by Crippen LogP contribution is -2.42. The summed E-state index contributed by atoms with van der Waals surface area (Å²) in [5, 5.41) is 25.7. The third kappa shape index (κ3) is 2.64. The van der Waals surface area contributed by atoms with Gasteiger partial charge in [0.1, 0.15) is 5.82 Å². The number of carbonyl (C=O) groups is 1. The fourth-order valence-corrected chi connectivity index (χ4v) is 3.87. The zero-order valence-corrected chi connectivity index (χ0v) is 13.1. The fourth-order valence-electron chi connectivity index (χ4n) is 3.22. The van der Waals surface area contributed by atoms with Gasteiger partial charge in [0.2, 0.25) is 5.91 Å². The fraction of sp³-hybridized carbons (Fsp3) is 0.533. The first-order valence-electron chi connectivity index (χ1n) is 6.97. The molecular weight excluding hydrogens is 284 g/mol. The first kappa shape index (κ1) is 15.5. The van der Waals surface area contributed by atoms with Gasteiger partial charge in [0, 0.05) is 12.3 Å². The first-order valence-corrected chi connectivity index (χ1v) is 8.20. The second kappa shape index (κ2) is 6.24. The molecule has 5 nitrogen and oxygen atoms in total. The summed E-state index contributed by atoms with van der Waals surface area (Å²) in [5.41, 5.74) is 0.593. The van der Waals surface area contributed by atoms with E-state index in [0.717, 1.165) is 37.1 Å². The molecule has 2 rings (SSSR count). The minimum Gasteiger partial charge on any atom is -0.335 e. The van der Waals surface area contributed by atoms with Crippen LogP contribution in [0.1, 0.15) is 39.0 Å². The maximum atomic E-state index is 11.4. The predicted octanol–water partition coefficient (Wildman–Crippen LogP) is 2.51. The summed E-state index contributed by atoms with van der Waals surface area (Å²) in [6, 6.07) is 4.54. The third-order valence-electron chi connectivity index (χ3n) is 4.11. The molecule has 0 unspecified atom stereocenters. The van der Waals surface area contributed by atoms with Gasteiger partial charge >= 0.3 is 0 Å². The lowest BCUT2D eigenvalue weighted by molar-refractivity contribution is -0.118. The molecule has 0 bridgehead atoms. The van der Waals surface area contributed by atoms with Crippen molar-refractivity contribution >= 4 is 17.7 Å². The number of rotatable bonds is 2. The van der Waals surface area contributed by atoms with Gasteiger partial charge in [-0.3, -0.25) is 4.79 Å². The number of nitrogens with one attached hydrogen (secondary N) is 2. The molecule has 0 aromatic carbocycles. The second-order valence-corrected chi connectivity index (χ2v) is 6.15. The predicted molar refractivity (Wildman–Crippen MR) is 81.3 cm³/mol. The average molecular weight is 302 g/mol. The molecule has 0 aromatic heterocycles. The van der Waals surface area contributed by atoms with Crippen LogP contribution in [0.4, 0.5) is 0 Å². The molecule has 110 valence electrons. The van der Waals surface area contributed by atoms with E-state index >= 15 is 0 Å². The molecule has 1 aliphatic carbocycles. The van der Waals surface area contributed by atoms with E-state index in [0.29, 0.717) is 17.0 Å². The molecule has 1 fully saturated rings. The molecule has 2 aliphatic rings. The normalized spacial score (nSPS) is 20.6. The van der Waals surface area contributed by atoms with Crippen molar-refractivity contribution in [3.05, 3.63) is 22.0 Å². The van der Waals surface area contributed by atoms with Crippen LogP contribution in [-0.4, -0.2) is 12.2 Å². The van der Waals surface area contributed by atoms with Gasteiger partial charge < -0.3 is 10.6 Å². The van der Waals surface area contributed by atoms with E-state index in [2.05, 4.69) is 22.8 Å². The number of carbonyl (C=O) groups excluding carboxylic acids is 1. The standard InChI is InChI=1S/C15H18N4OS/c1-10(20)18-13-11(8-16)15(6-4-3-5-7-15)12(9-17)14(19-13)21-2/h19H,3-7H2,1-2H3,(H,18,20). The van der Waals surface area contributed by atoms with Crippen LogP contribution in [0, 0.1) is 28.1 Å². The Labute approximate surface area is 129 Å². The van der Waals surface area contributed by atoms with Crippen LogP contribution in [0.25, 0.3) is 0 Å². The lowest BCUT2D eigenvalue weighted by atomic mass is 9.64. The third-order valence-corrected chi connectivity index (χ3v) is 4.82. The van der Waals surface area contributed by atoms with Crippen molar-refractivity contribution in [2.75, 3.05) is 6.26 Å². The summed E-state index contributed by atoms with van der Waals surface area (Å²) < 4.78 is 0. The van der Waals surface area contributed by atoms with Crippen molar-refractivity contribution in [3.63, 3.8) is 0 Å². The van der Waals surface area contributed by atoms with Crippen molar-refractivity contribution in [2.24, 2.45) is 5.41 Å². The molecule has 2 N–H and O–H groups in total. The Kier molecular flexibility index (Phi) is 4.59. The Morgan fingerprint density at radius 2 is 1.86 bits per heavy atom. The SMILES string of the molecule is CSC1=C(C#N)C2(CCCCC2)C(C#N)=C(NC(C)=O)N1. The van der Waals surface area contributed by atoms with Crippen molar-refractivity contribution < 1.29 is 4.79 Å². The quantitative estimate of drug-likeness (QED) is 0.818. The smallest absolute Gasteiger partial charge is 0.222 e. The van der Waals surface area contributed by atoms with E-state index < -0.39 is 5.41 Å². The van der Waals surface area contributed by atoms with Gasteiger partial charge in [-0.1, -0.05) is 19.3 Å². The van der Waals surface area contributed by atoms with E-state index in [4.69, 9.17) is 0 Å². The molecule has 1 heterocycles. The molecule has 0 radical (unpaired) electrons. The van der Waals surface area contributed by atoms with Gasteiger partial charge in [0.15, 0.2) is 0 Å². The van der Waals surface area contributed by atoms with Crippen molar-refractivity contribution in [1.29, 1.82) is 10.5 Å². The summed E-state index contributed by atoms with van der Waals surface area (Å²) in [7, 11) is 0. The number of nitrogens with zero attached hydrogens (tertiary/aromatic N) is 2. The number of nitriles is 2. The summed E-state index contributed by atoms with van der Waals surface area (Å²) in [6.07, 6.45) is 6.56. The Morgan fingerprint density at radius 3 is 2.33 bits per heavy atom. The van der Waals surface area contributed by atoms with E-state index in [1.165, 1.54) is 18.7 Å². The van der Waals surface area contributed by atoms with E-state index in [9.17, 15) is 15.3 Å². The highest BCUT2D eigenvalue weighted by atomic mass is 32.2. The largest absolute Gasteiger partial charge is 0.335 e. The van der Waals surface area contributed by atoms with Gasteiger partial charge in [-0.25, -0.2) is 0 Å². The van der Waals surface area contributed by atoms with Crippen LogP contribution in [0.2, 0.25) is 0 Å². The molecule has 1 aliphatic heterocycles. The van der Waals surface area contributed by atoms with Crippen LogP contribution >= 0.6 is 11.8 Å². The number of dihydropyridines is 1. The van der Waals surface area contributed by atoms with Crippen LogP contribution in [-0.2, 0) is 4.79 Å². The minimum atomic E-state index is -0.539. The Bertz CT molecular complexity index is 600. The number of allylic oxidation sites excluding steroid dienone is 2. The van der Waals surface area contributed by atoms with Crippen molar-refractivity contribution in [1.82, 2.24) is 10.6 Å². The molecule has 21 heavy (non-hydrogen) atoms. The summed E-state index contributed by atoms with van der Waals surface area (Å²) >= 11 is 1.44. The molecule has 0 atom stereocenters. The summed E-state index contributed by atoms with van der Waals surface area (Å²) in [5.74, 6) is 0.215. The molecule has 0 aromatic rings. The van der Waals surface area contributed by atoms with Gasteiger partial charge in [-0.15, -0.1) is 11.8 Å². The topological polar surface area (TPSA) is 88.7 Å². The second-order valence-electron chi connectivity index (χ2n) is 5.33. The van der Waals surface area contributed by atoms with Gasteiger partial charge in [0.25, 0.3) is 0 Å². The highest BCUT2D eigenvalue weighted by Crippen LogP contribution is 2.51. The highest BCUT2D eigenvalue weighted by molar-refractivity contribution is 8.02. The van der Waals surface area contributed by atoms with E-state index in [-0.39, 0.29) is 5.91 Å². The Hall–Kier alpha value is -1.92. The lowest BCUT2D eigenvalue weighted by Gasteiger charge is -2.41. The first-order chi connectivity index (χ1) is 10.1. The molecule has 0 saturated heterocycles. The average Bonchev–Trinajstić information content (AvgIpc) is 2.47. The number of hydrogen-bond acceptors (Lipinski definition) is 5. The van der Waals surface area contributed by atoms with Gasteiger partial charge in [-0.2, -0.15) is 10.5 Å². The van der Waals surface area contributed by atoms with E-state index in [1.807, 2.05) is 6.26 Å². The molecular formula is C15H18N4OS. The Morgan fingerprint density at radius 1 is 1.24 bits per heavy atom. The monoisotopic (exact) mass is 302 g/mol. The highest BCUT2D eigenvalue weighted by Gasteiger charge is 2.46. The zero-order valence-electron chi connectivity index (χ0n) is 12.2. The maximum absolute atomic E-state index is 11.4. The number of amides is 1. The van der Waals surface area contributed by atoms with E-state index in [1.54, 1.807) is 0 Å². The molecule has 6 heteroatoms. The van der Waals surface area contributed by atoms with Crippen LogP contribution < -0.4 is 10.6 Å². The van der Waals surface area contributed by atoms with Crippen molar-refractivity contribution in [2.45, 2.75) is 39.0 Å². The number of thioether (sulfide) groups is 1. The van der Waals surface area contributed by atoms with Gasteiger partial charge in [0.05, 0.1) is 28.3 Å². The van der Waals surface area contributed by atoms with Crippen LogP contribution in [0.15, 0.2) is 22.0 Å². The molecule has 1 saturated carbocycles. The molecule has 1 spiro atoms. The Balaban J connectivity index is 2.61. The maximum Gasteiger partial charge on any atom is 0.222 e. The summed E-state index contributed by atoms with van der Waals surface area (Å²) in [4.78, 5) is 11.4. The summed E-state index contributed by atoms with van der Waals surface area (Å²) in [6.45, 7) is 1.42. The van der Waals surface area contributed by atoms with Crippen LogP contribution in [0.5, 0.6) is 0 Å². The zero-order chi connectivity index (χ0) is 15.5. The van der Waals surface area contributed by atoms with Gasteiger partial charge in [-0.05, 0) is 19.1 Å².